The first-order valence-corrected chi connectivity index (χ1v) is 7.17. The quantitative estimate of drug-likeness (QED) is 0.873. The number of hydrogen-bond donors (Lipinski definition) is 2. The molecule has 4 heteroatoms. The normalized spacial score (nSPS) is 13.6. The second kappa shape index (κ2) is 6.29. The maximum absolute atomic E-state index is 10.6. The van der Waals surface area contributed by atoms with Crippen molar-refractivity contribution in [1.29, 1.82) is 0 Å². The number of anilines is 1. The minimum absolute atomic E-state index is 0.406. The third-order valence-electron chi connectivity index (χ3n) is 3.19. The van der Waals surface area contributed by atoms with Gasteiger partial charge in [-0.2, -0.15) is 0 Å². The molecule has 0 aliphatic heterocycles. The molecular formula is C16H18BrNO2. The van der Waals surface area contributed by atoms with E-state index in [4.69, 9.17) is 4.74 Å². The number of hydrogen-bond acceptors (Lipinski definition) is 3. The van der Waals surface area contributed by atoms with Crippen LogP contribution >= 0.6 is 15.9 Å². The summed E-state index contributed by atoms with van der Waals surface area (Å²) in [5.41, 5.74) is 0.830. The van der Waals surface area contributed by atoms with Crippen molar-refractivity contribution in [1.82, 2.24) is 0 Å². The topological polar surface area (TPSA) is 41.5 Å². The zero-order valence-electron chi connectivity index (χ0n) is 11.6. The molecule has 0 bridgehead atoms. The molecule has 0 aliphatic rings. The molecule has 106 valence electrons. The first-order chi connectivity index (χ1) is 9.53. The average Bonchev–Trinajstić information content (AvgIpc) is 2.47. The van der Waals surface area contributed by atoms with Gasteiger partial charge in [-0.3, -0.25) is 0 Å². The predicted octanol–water partition coefficient (Wildman–Crippen LogP) is 3.78. The summed E-state index contributed by atoms with van der Waals surface area (Å²) in [6.45, 7) is 2.20. The standard InChI is InChI=1S/C16H18BrNO2/c1-16(19,12-6-4-3-5-7-12)11-18-15-10-13(20-2)8-9-14(15)17/h3-10,18-19H,11H2,1-2H3. The molecule has 1 unspecified atom stereocenters. The molecule has 1 atom stereocenters. The highest BCUT2D eigenvalue weighted by atomic mass is 79.9. The number of rotatable bonds is 5. The second-order valence-corrected chi connectivity index (χ2v) is 5.69. The van der Waals surface area contributed by atoms with Crippen LogP contribution in [0.15, 0.2) is 53.0 Å². The van der Waals surface area contributed by atoms with Crippen LogP contribution in [0.25, 0.3) is 0 Å². The fourth-order valence-corrected chi connectivity index (χ4v) is 2.32. The van der Waals surface area contributed by atoms with Crippen molar-refractivity contribution < 1.29 is 9.84 Å². The van der Waals surface area contributed by atoms with E-state index in [1.54, 1.807) is 14.0 Å². The minimum atomic E-state index is -0.941. The highest BCUT2D eigenvalue weighted by molar-refractivity contribution is 9.10. The van der Waals surface area contributed by atoms with Gasteiger partial charge in [0.05, 0.1) is 12.8 Å². The van der Waals surface area contributed by atoms with E-state index in [0.717, 1.165) is 21.5 Å². The smallest absolute Gasteiger partial charge is 0.121 e. The van der Waals surface area contributed by atoms with E-state index in [1.165, 1.54) is 0 Å². The van der Waals surface area contributed by atoms with Crippen LogP contribution in [0.2, 0.25) is 0 Å². The molecule has 0 aromatic heterocycles. The fraction of sp³-hybridized carbons (Fsp3) is 0.250. The Bertz CT molecular complexity index is 570. The van der Waals surface area contributed by atoms with E-state index >= 15 is 0 Å². The number of nitrogens with one attached hydrogen (secondary N) is 1. The van der Waals surface area contributed by atoms with E-state index in [1.807, 2.05) is 48.5 Å². The van der Waals surface area contributed by atoms with Gasteiger partial charge in [0.15, 0.2) is 0 Å². The lowest BCUT2D eigenvalue weighted by atomic mass is 9.96. The minimum Gasteiger partial charge on any atom is -0.497 e. The van der Waals surface area contributed by atoms with Crippen molar-refractivity contribution in [2.45, 2.75) is 12.5 Å². The van der Waals surface area contributed by atoms with Crippen molar-refractivity contribution in [2.75, 3.05) is 19.0 Å². The van der Waals surface area contributed by atoms with E-state index in [2.05, 4.69) is 21.2 Å². The highest BCUT2D eigenvalue weighted by Gasteiger charge is 2.22. The number of halogens is 1. The van der Waals surface area contributed by atoms with Crippen LogP contribution in [-0.2, 0) is 5.60 Å². The molecule has 0 amide bonds. The predicted molar refractivity (Wildman–Crippen MR) is 85.2 cm³/mol. The van der Waals surface area contributed by atoms with Gasteiger partial charge in [0.25, 0.3) is 0 Å². The summed E-state index contributed by atoms with van der Waals surface area (Å²) in [7, 11) is 1.63. The maximum Gasteiger partial charge on any atom is 0.121 e. The third-order valence-corrected chi connectivity index (χ3v) is 3.88. The van der Waals surface area contributed by atoms with Crippen LogP contribution in [0, 0.1) is 0 Å². The Morgan fingerprint density at radius 2 is 1.90 bits per heavy atom. The van der Waals surface area contributed by atoms with Crippen LogP contribution in [-0.4, -0.2) is 18.8 Å². The van der Waals surface area contributed by atoms with E-state index < -0.39 is 5.60 Å². The molecule has 0 saturated carbocycles. The summed E-state index contributed by atoms with van der Waals surface area (Å²) >= 11 is 3.48. The number of methoxy groups -OCH3 is 1. The summed E-state index contributed by atoms with van der Waals surface area (Å²) in [6.07, 6.45) is 0. The monoisotopic (exact) mass is 335 g/mol. The van der Waals surface area contributed by atoms with Crippen molar-refractivity contribution in [3.63, 3.8) is 0 Å². The molecular weight excluding hydrogens is 318 g/mol. The van der Waals surface area contributed by atoms with Crippen LogP contribution in [0.4, 0.5) is 5.69 Å². The molecule has 2 aromatic rings. The summed E-state index contributed by atoms with van der Waals surface area (Å²) in [5.74, 6) is 0.773. The van der Waals surface area contributed by atoms with Crippen LogP contribution in [0.5, 0.6) is 5.75 Å². The molecule has 0 saturated heterocycles. The second-order valence-electron chi connectivity index (χ2n) is 4.84. The van der Waals surface area contributed by atoms with Gasteiger partial charge >= 0.3 is 0 Å². The molecule has 2 rings (SSSR count). The van der Waals surface area contributed by atoms with Gasteiger partial charge in [-0.05, 0) is 40.5 Å². The van der Waals surface area contributed by atoms with Crippen LogP contribution < -0.4 is 10.1 Å². The average molecular weight is 336 g/mol. The molecule has 3 nitrogen and oxygen atoms in total. The van der Waals surface area contributed by atoms with Crippen LogP contribution in [0.1, 0.15) is 12.5 Å². The van der Waals surface area contributed by atoms with Gasteiger partial charge in [0, 0.05) is 17.1 Å². The van der Waals surface area contributed by atoms with Gasteiger partial charge in [0.2, 0.25) is 0 Å². The Morgan fingerprint density at radius 1 is 1.20 bits per heavy atom. The lowest BCUT2D eigenvalue weighted by Crippen LogP contribution is -2.30. The molecule has 0 radical (unpaired) electrons. The summed E-state index contributed by atoms with van der Waals surface area (Å²) < 4.78 is 6.14. The van der Waals surface area contributed by atoms with Crippen molar-refractivity contribution in [3.05, 3.63) is 58.6 Å². The van der Waals surface area contributed by atoms with E-state index in [9.17, 15) is 5.11 Å². The lowest BCUT2D eigenvalue weighted by Gasteiger charge is -2.25. The van der Waals surface area contributed by atoms with E-state index in [-0.39, 0.29) is 0 Å². The van der Waals surface area contributed by atoms with Gasteiger partial charge in [-0.15, -0.1) is 0 Å². The number of benzene rings is 2. The fourth-order valence-electron chi connectivity index (χ4n) is 1.93. The van der Waals surface area contributed by atoms with E-state index in [0.29, 0.717) is 6.54 Å². The van der Waals surface area contributed by atoms with Crippen molar-refractivity contribution >= 4 is 21.6 Å². The van der Waals surface area contributed by atoms with Crippen molar-refractivity contribution in [3.8, 4) is 5.75 Å². The van der Waals surface area contributed by atoms with Gasteiger partial charge in [0.1, 0.15) is 11.4 Å². The van der Waals surface area contributed by atoms with Gasteiger partial charge in [-0.1, -0.05) is 30.3 Å². The largest absolute Gasteiger partial charge is 0.497 e. The third kappa shape index (κ3) is 3.52. The van der Waals surface area contributed by atoms with Gasteiger partial charge in [-0.25, -0.2) is 0 Å². The molecule has 0 aliphatic carbocycles. The first kappa shape index (κ1) is 14.9. The molecule has 0 fully saturated rings. The molecule has 0 spiro atoms. The Kier molecular flexibility index (Phi) is 4.68. The molecule has 2 N–H and O–H groups in total. The molecule has 2 aromatic carbocycles. The van der Waals surface area contributed by atoms with Gasteiger partial charge < -0.3 is 15.2 Å². The van der Waals surface area contributed by atoms with Crippen molar-refractivity contribution in [2.24, 2.45) is 0 Å². The Labute approximate surface area is 127 Å². The lowest BCUT2D eigenvalue weighted by molar-refractivity contribution is 0.0715. The molecule has 0 heterocycles. The SMILES string of the molecule is COc1ccc(Br)c(NCC(C)(O)c2ccccc2)c1. The Morgan fingerprint density at radius 3 is 2.55 bits per heavy atom. The molecule has 20 heavy (non-hydrogen) atoms. The maximum atomic E-state index is 10.6. The summed E-state index contributed by atoms with van der Waals surface area (Å²) in [6, 6.07) is 15.3. The summed E-state index contributed by atoms with van der Waals surface area (Å²) in [4.78, 5) is 0. The first-order valence-electron chi connectivity index (χ1n) is 6.38. The Hall–Kier alpha value is -1.52. The number of ether oxygens (including phenoxy) is 1. The zero-order chi connectivity index (χ0) is 14.6. The zero-order valence-corrected chi connectivity index (χ0v) is 13.1. The number of aliphatic hydroxyl groups is 1. The Balaban J connectivity index is 2.12. The summed E-state index contributed by atoms with van der Waals surface area (Å²) in [5, 5.41) is 13.8. The van der Waals surface area contributed by atoms with Crippen LogP contribution in [0.3, 0.4) is 0 Å². The highest BCUT2D eigenvalue weighted by Crippen LogP contribution is 2.29.